The molecule has 1 fully saturated rings. The maximum absolute atomic E-state index is 8.78. The molecule has 0 spiro atoms. The molecular formula is C10H10N2O. The zero-order valence-electron chi connectivity index (χ0n) is 7.23. The van der Waals surface area contributed by atoms with Crippen LogP contribution in [0.25, 0.3) is 0 Å². The molecule has 0 saturated heterocycles. The van der Waals surface area contributed by atoms with Gasteiger partial charge in [-0.25, -0.2) is 4.98 Å². The lowest BCUT2D eigenvalue weighted by molar-refractivity contribution is 0.259. The Hall–Kier alpha value is -1.56. The first kappa shape index (κ1) is 8.06. The van der Waals surface area contributed by atoms with E-state index < -0.39 is 0 Å². The molecule has 2 rings (SSSR count). The minimum atomic E-state index is -0.211. The first-order valence-corrected chi connectivity index (χ1v) is 4.30. The molecule has 1 saturated carbocycles. The van der Waals surface area contributed by atoms with Crippen LogP contribution in [0, 0.1) is 16.7 Å². The molecule has 0 aromatic carbocycles. The Morgan fingerprint density at radius 3 is 2.92 bits per heavy atom. The summed E-state index contributed by atoms with van der Waals surface area (Å²) in [6.07, 6.45) is 3.59. The summed E-state index contributed by atoms with van der Waals surface area (Å²) in [6, 6.07) is 7.78. The van der Waals surface area contributed by atoms with Gasteiger partial charge in [-0.05, 0) is 18.9 Å². The monoisotopic (exact) mass is 174 g/mol. The fourth-order valence-corrected chi connectivity index (χ4v) is 1.08. The van der Waals surface area contributed by atoms with E-state index in [9.17, 15) is 0 Å². The SMILES string of the molecule is N#CC1(COc2ccccn2)CC1. The van der Waals surface area contributed by atoms with Gasteiger partial charge in [0.1, 0.15) is 6.61 Å². The van der Waals surface area contributed by atoms with Gasteiger partial charge in [-0.1, -0.05) is 6.07 Å². The number of ether oxygens (including phenoxy) is 1. The van der Waals surface area contributed by atoms with Gasteiger partial charge >= 0.3 is 0 Å². The Morgan fingerprint density at radius 2 is 2.38 bits per heavy atom. The van der Waals surface area contributed by atoms with Gasteiger partial charge in [0.15, 0.2) is 0 Å². The Morgan fingerprint density at radius 1 is 1.54 bits per heavy atom. The molecule has 1 aliphatic carbocycles. The van der Waals surface area contributed by atoms with Gasteiger partial charge in [-0.2, -0.15) is 5.26 Å². The van der Waals surface area contributed by atoms with E-state index in [0.29, 0.717) is 12.5 Å². The third-order valence-corrected chi connectivity index (χ3v) is 2.22. The van der Waals surface area contributed by atoms with Crippen molar-refractivity contribution in [2.75, 3.05) is 6.61 Å². The molecule has 3 heteroatoms. The second-order valence-electron chi connectivity index (χ2n) is 3.35. The minimum Gasteiger partial charge on any atom is -0.476 e. The average molecular weight is 174 g/mol. The number of hydrogen-bond acceptors (Lipinski definition) is 3. The summed E-state index contributed by atoms with van der Waals surface area (Å²) in [6.45, 7) is 0.473. The molecular weight excluding hydrogens is 164 g/mol. The predicted octanol–water partition coefficient (Wildman–Crippen LogP) is 1.76. The molecule has 0 unspecified atom stereocenters. The molecule has 0 atom stereocenters. The van der Waals surface area contributed by atoms with Crippen LogP contribution >= 0.6 is 0 Å². The Labute approximate surface area is 77.0 Å². The largest absolute Gasteiger partial charge is 0.476 e. The van der Waals surface area contributed by atoms with E-state index >= 15 is 0 Å². The van der Waals surface area contributed by atoms with Crippen LogP contribution in [0.3, 0.4) is 0 Å². The summed E-state index contributed by atoms with van der Waals surface area (Å²) in [7, 11) is 0. The molecule has 3 nitrogen and oxygen atoms in total. The van der Waals surface area contributed by atoms with E-state index in [4.69, 9.17) is 10.00 Å². The van der Waals surface area contributed by atoms with Gasteiger partial charge in [-0.3, -0.25) is 0 Å². The summed E-state index contributed by atoms with van der Waals surface area (Å²) < 4.78 is 5.39. The zero-order chi connectivity index (χ0) is 9.15. The summed E-state index contributed by atoms with van der Waals surface area (Å²) in [5.74, 6) is 0.601. The highest BCUT2D eigenvalue weighted by molar-refractivity contribution is 5.14. The van der Waals surface area contributed by atoms with Crippen molar-refractivity contribution in [2.45, 2.75) is 12.8 Å². The Kier molecular flexibility index (Phi) is 1.90. The van der Waals surface area contributed by atoms with Crippen LogP contribution in [0.4, 0.5) is 0 Å². The van der Waals surface area contributed by atoms with Crippen LogP contribution in [0.1, 0.15) is 12.8 Å². The number of nitrogens with zero attached hydrogens (tertiary/aromatic N) is 2. The van der Waals surface area contributed by atoms with E-state index in [0.717, 1.165) is 12.8 Å². The first-order valence-electron chi connectivity index (χ1n) is 4.30. The van der Waals surface area contributed by atoms with Crippen LogP contribution in [0.5, 0.6) is 5.88 Å². The Bertz CT molecular complexity index is 325. The molecule has 0 radical (unpaired) electrons. The van der Waals surface area contributed by atoms with Crippen molar-refractivity contribution < 1.29 is 4.74 Å². The first-order chi connectivity index (χ1) is 6.35. The minimum absolute atomic E-state index is 0.211. The molecule has 1 aromatic heterocycles. The summed E-state index contributed by atoms with van der Waals surface area (Å²) >= 11 is 0. The van der Waals surface area contributed by atoms with Crippen LogP contribution in [0.2, 0.25) is 0 Å². The molecule has 66 valence electrons. The van der Waals surface area contributed by atoms with E-state index in [2.05, 4.69) is 11.1 Å². The van der Waals surface area contributed by atoms with Crippen LogP contribution < -0.4 is 4.74 Å². The highest BCUT2D eigenvalue weighted by Gasteiger charge is 2.44. The number of aromatic nitrogens is 1. The second-order valence-corrected chi connectivity index (χ2v) is 3.35. The predicted molar refractivity (Wildman–Crippen MR) is 47.0 cm³/mol. The maximum Gasteiger partial charge on any atom is 0.213 e. The molecule has 1 heterocycles. The van der Waals surface area contributed by atoms with Crippen molar-refractivity contribution in [3.63, 3.8) is 0 Å². The standard InChI is InChI=1S/C10H10N2O/c11-7-10(4-5-10)8-13-9-3-1-2-6-12-9/h1-3,6H,4-5,8H2. The van der Waals surface area contributed by atoms with Crippen molar-refractivity contribution in [3.05, 3.63) is 24.4 Å². The Balaban J connectivity index is 1.91. The lowest BCUT2D eigenvalue weighted by atomic mass is 10.1. The number of pyridine rings is 1. The van der Waals surface area contributed by atoms with Gasteiger partial charge in [0.05, 0.1) is 11.5 Å². The highest BCUT2D eigenvalue weighted by atomic mass is 16.5. The topological polar surface area (TPSA) is 45.9 Å². The van der Waals surface area contributed by atoms with Gasteiger partial charge in [0.2, 0.25) is 5.88 Å². The summed E-state index contributed by atoms with van der Waals surface area (Å²) in [5, 5.41) is 8.78. The number of nitriles is 1. The maximum atomic E-state index is 8.78. The second kappa shape index (κ2) is 3.06. The smallest absolute Gasteiger partial charge is 0.213 e. The third kappa shape index (κ3) is 1.78. The fourth-order valence-electron chi connectivity index (χ4n) is 1.08. The number of rotatable bonds is 3. The van der Waals surface area contributed by atoms with E-state index in [-0.39, 0.29) is 5.41 Å². The molecule has 0 bridgehead atoms. The van der Waals surface area contributed by atoms with Crippen LogP contribution in [0.15, 0.2) is 24.4 Å². The van der Waals surface area contributed by atoms with Crippen molar-refractivity contribution >= 4 is 0 Å². The van der Waals surface area contributed by atoms with Crippen molar-refractivity contribution in [3.8, 4) is 11.9 Å². The van der Waals surface area contributed by atoms with E-state index in [1.54, 1.807) is 12.3 Å². The third-order valence-electron chi connectivity index (χ3n) is 2.22. The average Bonchev–Trinajstić information content (AvgIpc) is 2.97. The van der Waals surface area contributed by atoms with Crippen LogP contribution in [-0.2, 0) is 0 Å². The van der Waals surface area contributed by atoms with E-state index in [1.807, 2.05) is 12.1 Å². The van der Waals surface area contributed by atoms with Crippen LogP contribution in [-0.4, -0.2) is 11.6 Å². The molecule has 1 aliphatic rings. The lowest BCUT2D eigenvalue weighted by Gasteiger charge is -2.06. The normalized spacial score (nSPS) is 17.5. The van der Waals surface area contributed by atoms with Gasteiger partial charge in [0, 0.05) is 12.3 Å². The number of hydrogen-bond donors (Lipinski definition) is 0. The highest BCUT2D eigenvalue weighted by Crippen LogP contribution is 2.44. The van der Waals surface area contributed by atoms with Crippen molar-refractivity contribution in [1.29, 1.82) is 5.26 Å². The summed E-state index contributed by atoms with van der Waals surface area (Å²) in [4.78, 5) is 4.01. The van der Waals surface area contributed by atoms with E-state index in [1.165, 1.54) is 0 Å². The summed E-state index contributed by atoms with van der Waals surface area (Å²) in [5.41, 5.74) is -0.211. The fraction of sp³-hybridized carbons (Fsp3) is 0.400. The zero-order valence-corrected chi connectivity index (χ0v) is 7.23. The quantitative estimate of drug-likeness (QED) is 0.701. The molecule has 0 aliphatic heterocycles. The van der Waals surface area contributed by atoms with Gasteiger partial charge < -0.3 is 4.74 Å². The lowest BCUT2D eigenvalue weighted by Crippen LogP contribution is -2.11. The van der Waals surface area contributed by atoms with Gasteiger partial charge in [-0.15, -0.1) is 0 Å². The van der Waals surface area contributed by atoms with Crippen molar-refractivity contribution in [2.24, 2.45) is 5.41 Å². The molecule has 0 amide bonds. The molecule has 1 aromatic rings. The molecule has 0 N–H and O–H groups in total. The molecule has 13 heavy (non-hydrogen) atoms. The van der Waals surface area contributed by atoms with Crippen molar-refractivity contribution in [1.82, 2.24) is 4.98 Å². The van der Waals surface area contributed by atoms with Gasteiger partial charge in [0.25, 0.3) is 0 Å².